The Balaban J connectivity index is 2.68. The summed E-state index contributed by atoms with van der Waals surface area (Å²) in [5.74, 6) is -0.461. The first-order valence-corrected chi connectivity index (χ1v) is 3.92. The van der Waals surface area contributed by atoms with Gasteiger partial charge >= 0.3 is 5.97 Å². The highest BCUT2D eigenvalue weighted by Gasteiger charge is 2.16. The molecule has 0 saturated carbocycles. The van der Waals surface area contributed by atoms with Gasteiger partial charge in [0.25, 0.3) is 0 Å². The number of rotatable bonds is 3. The SMILES string of the molecule is CCOC(=O)C(N)c1cncnc1. The highest BCUT2D eigenvalue weighted by Crippen LogP contribution is 2.07. The van der Waals surface area contributed by atoms with E-state index in [0.29, 0.717) is 12.2 Å². The van der Waals surface area contributed by atoms with Crippen LogP contribution >= 0.6 is 0 Å². The molecule has 0 aliphatic carbocycles. The third-order valence-corrected chi connectivity index (χ3v) is 1.48. The quantitative estimate of drug-likeness (QED) is 0.666. The molecule has 1 aromatic rings. The first kappa shape index (κ1) is 9.60. The first-order chi connectivity index (χ1) is 6.25. The summed E-state index contributed by atoms with van der Waals surface area (Å²) in [6.45, 7) is 2.05. The molecule has 0 aliphatic rings. The number of aromatic nitrogens is 2. The molecule has 0 spiro atoms. The fraction of sp³-hybridized carbons (Fsp3) is 0.375. The molecule has 2 N–H and O–H groups in total. The van der Waals surface area contributed by atoms with Gasteiger partial charge in [0.2, 0.25) is 0 Å². The van der Waals surface area contributed by atoms with E-state index >= 15 is 0 Å². The second-order valence-corrected chi connectivity index (χ2v) is 2.40. The van der Waals surface area contributed by atoms with Crippen LogP contribution in [0.25, 0.3) is 0 Å². The monoisotopic (exact) mass is 181 g/mol. The molecule has 13 heavy (non-hydrogen) atoms. The van der Waals surface area contributed by atoms with Gasteiger partial charge in [-0.1, -0.05) is 0 Å². The maximum absolute atomic E-state index is 11.1. The Morgan fingerprint density at radius 3 is 2.77 bits per heavy atom. The van der Waals surface area contributed by atoms with Crippen molar-refractivity contribution in [2.45, 2.75) is 13.0 Å². The Morgan fingerprint density at radius 2 is 2.23 bits per heavy atom. The second kappa shape index (κ2) is 4.51. The third-order valence-electron chi connectivity index (χ3n) is 1.48. The largest absolute Gasteiger partial charge is 0.465 e. The van der Waals surface area contributed by atoms with E-state index in [1.54, 1.807) is 6.92 Å². The van der Waals surface area contributed by atoms with Crippen molar-refractivity contribution >= 4 is 5.97 Å². The van der Waals surface area contributed by atoms with Crippen LogP contribution in [0.4, 0.5) is 0 Å². The number of carbonyl (C=O) groups excluding carboxylic acids is 1. The molecule has 0 aromatic carbocycles. The zero-order valence-electron chi connectivity index (χ0n) is 7.30. The topological polar surface area (TPSA) is 78.1 Å². The van der Waals surface area contributed by atoms with Crippen LogP contribution in [-0.4, -0.2) is 22.5 Å². The molecule has 1 aromatic heterocycles. The van der Waals surface area contributed by atoms with Gasteiger partial charge in [0, 0.05) is 18.0 Å². The molecular weight excluding hydrogens is 170 g/mol. The summed E-state index contributed by atoms with van der Waals surface area (Å²) in [7, 11) is 0. The van der Waals surface area contributed by atoms with Crippen molar-refractivity contribution in [3.63, 3.8) is 0 Å². The zero-order chi connectivity index (χ0) is 9.68. The van der Waals surface area contributed by atoms with Crippen molar-refractivity contribution in [2.75, 3.05) is 6.61 Å². The average Bonchev–Trinajstić information content (AvgIpc) is 2.18. The average molecular weight is 181 g/mol. The first-order valence-electron chi connectivity index (χ1n) is 3.92. The Morgan fingerprint density at radius 1 is 1.62 bits per heavy atom. The van der Waals surface area contributed by atoms with Crippen LogP contribution in [0, 0.1) is 0 Å². The molecule has 0 bridgehead atoms. The molecule has 5 nitrogen and oxygen atoms in total. The van der Waals surface area contributed by atoms with Gasteiger partial charge in [0.05, 0.1) is 6.61 Å². The van der Waals surface area contributed by atoms with Gasteiger partial charge in [-0.25, -0.2) is 14.8 Å². The minimum atomic E-state index is -0.791. The van der Waals surface area contributed by atoms with Crippen LogP contribution in [0.3, 0.4) is 0 Å². The highest BCUT2D eigenvalue weighted by atomic mass is 16.5. The lowest BCUT2D eigenvalue weighted by atomic mass is 10.2. The zero-order valence-corrected chi connectivity index (χ0v) is 7.30. The maximum atomic E-state index is 11.1. The van der Waals surface area contributed by atoms with Crippen LogP contribution < -0.4 is 5.73 Å². The maximum Gasteiger partial charge on any atom is 0.327 e. The molecule has 1 rings (SSSR count). The van der Waals surface area contributed by atoms with Crippen molar-refractivity contribution in [2.24, 2.45) is 5.73 Å². The minimum Gasteiger partial charge on any atom is -0.465 e. The summed E-state index contributed by atoms with van der Waals surface area (Å²) in [5.41, 5.74) is 6.13. The lowest BCUT2D eigenvalue weighted by Gasteiger charge is -2.08. The Hall–Kier alpha value is -1.49. The van der Waals surface area contributed by atoms with Gasteiger partial charge in [0.1, 0.15) is 12.4 Å². The molecule has 1 atom stereocenters. The standard InChI is InChI=1S/C8H11N3O2/c1-2-13-8(12)7(9)6-3-10-5-11-4-6/h3-5,7H,2,9H2,1H3. The number of ether oxygens (including phenoxy) is 1. The van der Waals surface area contributed by atoms with E-state index in [9.17, 15) is 4.79 Å². The fourth-order valence-electron chi connectivity index (χ4n) is 0.839. The number of hydrogen-bond acceptors (Lipinski definition) is 5. The highest BCUT2D eigenvalue weighted by molar-refractivity contribution is 5.77. The molecule has 70 valence electrons. The lowest BCUT2D eigenvalue weighted by Crippen LogP contribution is -2.23. The summed E-state index contributed by atoms with van der Waals surface area (Å²) in [4.78, 5) is 18.6. The summed E-state index contributed by atoms with van der Waals surface area (Å²) in [6.07, 6.45) is 4.37. The lowest BCUT2D eigenvalue weighted by molar-refractivity contribution is -0.144. The predicted octanol–water partition coefficient (Wildman–Crippen LogP) is 0.0395. The molecule has 0 fully saturated rings. The molecule has 1 heterocycles. The predicted molar refractivity (Wildman–Crippen MR) is 45.6 cm³/mol. The molecule has 0 radical (unpaired) electrons. The molecule has 1 unspecified atom stereocenters. The van der Waals surface area contributed by atoms with E-state index in [-0.39, 0.29) is 0 Å². The number of esters is 1. The number of carbonyl (C=O) groups is 1. The van der Waals surface area contributed by atoms with E-state index < -0.39 is 12.0 Å². The molecule has 0 aliphatic heterocycles. The number of hydrogen-bond donors (Lipinski definition) is 1. The second-order valence-electron chi connectivity index (χ2n) is 2.40. The summed E-state index contributed by atoms with van der Waals surface area (Å²) in [5, 5.41) is 0. The van der Waals surface area contributed by atoms with Gasteiger partial charge in [-0.15, -0.1) is 0 Å². The molecular formula is C8H11N3O2. The van der Waals surface area contributed by atoms with E-state index in [0.717, 1.165) is 0 Å². The molecule has 0 saturated heterocycles. The molecule has 0 amide bonds. The Labute approximate surface area is 75.9 Å². The summed E-state index contributed by atoms with van der Waals surface area (Å²) < 4.78 is 4.74. The van der Waals surface area contributed by atoms with Crippen molar-refractivity contribution < 1.29 is 9.53 Å². The smallest absolute Gasteiger partial charge is 0.327 e. The van der Waals surface area contributed by atoms with Gasteiger partial charge in [-0.3, -0.25) is 0 Å². The van der Waals surface area contributed by atoms with Gasteiger partial charge in [-0.05, 0) is 6.92 Å². The minimum absolute atomic E-state index is 0.320. The number of nitrogens with zero attached hydrogens (tertiary/aromatic N) is 2. The summed E-state index contributed by atoms with van der Waals surface area (Å²) in [6, 6.07) is -0.791. The van der Waals surface area contributed by atoms with Gasteiger partial charge in [0.15, 0.2) is 0 Å². The third kappa shape index (κ3) is 2.48. The number of nitrogens with two attached hydrogens (primary N) is 1. The summed E-state index contributed by atoms with van der Waals surface area (Å²) >= 11 is 0. The van der Waals surface area contributed by atoms with Crippen LogP contribution in [0.15, 0.2) is 18.7 Å². The Kier molecular flexibility index (Phi) is 3.33. The van der Waals surface area contributed by atoms with Crippen molar-refractivity contribution in [3.8, 4) is 0 Å². The van der Waals surface area contributed by atoms with E-state index in [1.165, 1.54) is 18.7 Å². The van der Waals surface area contributed by atoms with Crippen molar-refractivity contribution in [1.82, 2.24) is 9.97 Å². The fourth-order valence-corrected chi connectivity index (χ4v) is 0.839. The van der Waals surface area contributed by atoms with Crippen LogP contribution in [0.5, 0.6) is 0 Å². The molecule has 5 heteroatoms. The van der Waals surface area contributed by atoms with E-state index in [2.05, 4.69) is 9.97 Å². The van der Waals surface area contributed by atoms with E-state index in [1.807, 2.05) is 0 Å². The van der Waals surface area contributed by atoms with Gasteiger partial charge in [-0.2, -0.15) is 0 Å². The Bertz CT molecular complexity index is 276. The van der Waals surface area contributed by atoms with Crippen molar-refractivity contribution in [1.29, 1.82) is 0 Å². The van der Waals surface area contributed by atoms with Gasteiger partial charge < -0.3 is 10.5 Å². The van der Waals surface area contributed by atoms with Crippen molar-refractivity contribution in [3.05, 3.63) is 24.3 Å². The van der Waals surface area contributed by atoms with Crippen LogP contribution in [0.2, 0.25) is 0 Å². The van der Waals surface area contributed by atoms with Crippen LogP contribution in [-0.2, 0) is 9.53 Å². The normalized spacial score (nSPS) is 12.2. The van der Waals surface area contributed by atoms with E-state index in [4.69, 9.17) is 10.5 Å². The van der Waals surface area contributed by atoms with Crippen LogP contribution in [0.1, 0.15) is 18.5 Å².